The number of amides is 1. The molecule has 1 aliphatic rings. The second kappa shape index (κ2) is 6.71. The monoisotopic (exact) mass is 260 g/mol. The summed E-state index contributed by atoms with van der Waals surface area (Å²) in [6.45, 7) is 5.85. The Labute approximate surface area is 116 Å². The molecule has 0 N–H and O–H groups in total. The van der Waals surface area contributed by atoms with Gasteiger partial charge in [-0.2, -0.15) is 0 Å². The first kappa shape index (κ1) is 14.1. The standard InChI is InChI=1S/C16H24N2O/c1-3-15(13-14-7-5-4-6-8-14)16(19)18-11-9-17(2)10-12-18/h4-8,15H,3,9-13H2,1-2H3/t15-/m0/s1. The molecule has 1 amide bonds. The van der Waals surface area contributed by atoms with Crippen LogP contribution in [0.3, 0.4) is 0 Å². The first-order chi connectivity index (χ1) is 9.20. The van der Waals surface area contributed by atoms with Crippen LogP contribution in [0.4, 0.5) is 0 Å². The van der Waals surface area contributed by atoms with Gasteiger partial charge in [0.1, 0.15) is 0 Å². The number of carbonyl (C=O) groups excluding carboxylic acids is 1. The quantitative estimate of drug-likeness (QED) is 0.827. The number of benzene rings is 1. The van der Waals surface area contributed by atoms with Crippen molar-refractivity contribution in [2.45, 2.75) is 19.8 Å². The van der Waals surface area contributed by atoms with Crippen LogP contribution >= 0.6 is 0 Å². The predicted octanol–water partition coefficient (Wildman–Crippen LogP) is 2.03. The van der Waals surface area contributed by atoms with Crippen LogP contribution in [0.25, 0.3) is 0 Å². The predicted molar refractivity (Wildman–Crippen MR) is 78.0 cm³/mol. The summed E-state index contributed by atoms with van der Waals surface area (Å²) in [5, 5.41) is 0. The molecule has 1 saturated heterocycles. The van der Waals surface area contributed by atoms with Crippen LogP contribution in [0.5, 0.6) is 0 Å². The fourth-order valence-electron chi connectivity index (χ4n) is 2.59. The molecule has 0 unspecified atom stereocenters. The maximum absolute atomic E-state index is 12.5. The molecule has 0 bridgehead atoms. The van der Waals surface area contributed by atoms with Crippen molar-refractivity contribution in [3.63, 3.8) is 0 Å². The number of hydrogen-bond acceptors (Lipinski definition) is 2. The number of likely N-dealkylation sites (N-methyl/N-ethyl adjacent to an activating group) is 1. The van der Waals surface area contributed by atoms with Crippen molar-refractivity contribution >= 4 is 5.91 Å². The van der Waals surface area contributed by atoms with Crippen molar-refractivity contribution in [2.75, 3.05) is 33.2 Å². The van der Waals surface area contributed by atoms with Crippen LogP contribution in [0.1, 0.15) is 18.9 Å². The third-order valence-corrected chi connectivity index (χ3v) is 3.98. The maximum Gasteiger partial charge on any atom is 0.226 e. The van der Waals surface area contributed by atoms with Gasteiger partial charge in [-0.1, -0.05) is 37.3 Å². The Morgan fingerprint density at radius 1 is 1.16 bits per heavy atom. The third-order valence-electron chi connectivity index (χ3n) is 3.98. The topological polar surface area (TPSA) is 23.6 Å². The molecular formula is C16H24N2O. The molecule has 1 aliphatic heterocycles. The van der Waals surface area contributed by atoms with E-state index in [4.69, 9.17) is 0 Å². The molecular weight excluding hydrogens is 236 g/mol. The molecule has 1 heterocycles. The largest absolute Gasteiger partial charge is 0.340 e. The summed E-state index contributed by atoms with van der Waals surface area (Å²) in [6.07, 6.45) is 1.78. The minimum atomic E-state index is 0.130. The second-order valence-electron chi connectivity index (χ2n) is 5.42. The van der Waals surface area contributed by atoms with Crippen molar-refractivity contribution in [1.82, 2.24) is 9.80 Å². The van der Waals surface area contributed by atoms with Gasteiger partial charge in [0.25, 0.3) is 0 Å². The van der Waals surface area contributed by atoms with Gasteiger partial charge in [0.2, 0.25) is 5.91 Å². The Morgan fingerprint density at radius 2 is 1.79 bits per heavy atom. The smallest absolute Gasteiger partial charge is 0.226 e. The summed E-state index contributed by atoms with van der Waals surface area (Å²) in [6, 6.07) is 10.3. The Morgan fingerprint density at radius 3 is 2.37 bits per heavy atom. The fourth-order valence-corrected chi connectivity index (χ4v) is 2.59. The number of hydrogen-bond donors (Lipinski definition) is 0. The highest BCUT2D eigenvalue weighted by atomic mass is 16.2. The minimum absolute atomic E-state index is 0.130. The average Bonchev–Trinajstić information content (AvgIpc) is 2.46. The van der Waals surface area contributed by atoms with Gasteiger partial charge in [0.05, 0.1) is 0 Å². The van der Waals surface area contributed by atoms with E-state index in [1.165, 1.54) is 5.56 Å². The first-order valence-corrected chi connectivity index (χ1v) is 7.22. The molecule has 1 atom stereocenters. The van der Waals surface area contributed by atoms with Gasteiger partial charge in [-0.25, -0.2) is 0 Å². The van der Waals surface area contributed by atoms with Crippen LogP contribution in [-0.4, -0.2) is 48.9 Å². The van der Waals surface area contributed by atoms with E-state index in [1.807, 2.05) is 23.1 Å². The summed E-state index contributed by atoms with van der Waals surface area (Å²) in [5.74, 6) is 0.463. The van der Waals surface area contributed by atoms with Crippen molar-refractivity contribution in [3.05, 3.63) is 35.9 Å². The van der Waals surface area contributed by atoms with Crippen molar-refractivity contribution in [3.8, 4) is 0 Å². The van der Waals surface area contributed by atoms with E-state index in [0.717, 1.165) is 39.0 Å². The van der Waals surface area contributed by atoms with Gasteiger partial charge in [0, 0.05) is 32.1 Å². The number of piperazine rings is 1. The Balaban J connectivity index is 1.95. The summed E-state index contributed by atoms with van der Waals surface area (Å²) in [4.78, 5) is 16.9. The lowest BCUT2D eigenvalue weighted by molar-refractivity contribution is -0.137. The van der Waals surface area contributed by atoms with Gasteiger partial charge in [-0.15, -0.1) is 0 Å². The summed E-state index contributed by atoms with van der Waals surface area (Å²) >= 11 is 0. The average molecular weight is 260 g/mol. The van der Waals surface area contributed by atoms with Gasteiger partial charge in [0.15, 0.2) is 0 Å². The summed E-state index contributed by atoms with van der Waals surface area (Å²) in [5.41, 5.74) is 1.26. The normalized spacial score (nSPS) is 18.3. The summed E-state index contributed by atoms with van der Waals surface area (Å²) in [7, 11) is 2.11. The molecule has 1 aromatic rings. The molecule has 1 fully saturated rings. The lowest BCUT2D eigenvalue weighted by Crippen LogP contribution is -2.49. The molecule has 104 valence electrons. The van der Waals surface area contributed by atoms with Gasteiger partial charge in [-0.3, -0.25) is 4.79 Å². The van der Waals surface area contributed by atoms with Gasteiger partial charge in [-0.05, 0) is 25.5 Å². The Hall–Kier alpha value is -1.35. The SMILES string of the molecule is CC[C@@H](Cc1ccccc1)C(=O)N1CCN(C)CC1. The molecule has 0 aromatic heterocycles. The third kappa shape index (κ3) is 3.80. The van der Waals surface area contributed by atoms with Crippen molar-refractivity contribution < 1.29 is 4.79 Å². The van der Waals surface area contributed by atoms with E-state index in [0.29, 0.717) is 5.91 Å². The second-order valence-corrected chi connectivity index (χ2v) is 5.42. The zero-order chi connectivity index (χ0) is 13.7. The Kier molecular flexibility index (Phi) is 4.97. The van der Waals surface area contributed by atoms with Gasteiger partial charge >= 0.3 is 0 Å². The molecule has 2 rings (SSSR count). The van der Waals surface area contributed by atoms with E-state index < -0.39 is 0 Å². The molecule has 19 heavy (non-hydrogen) atoms. The fraction of sp³-hybridized carbons (Fsp3) is 0.562. The molecule has 3 nitrogen and oxygen atoms in total. The molecule has 1 aromatic carbocycles. The van der Waals surface area contributed by atoms with Crippen LogP contribution in [-0.2, 0) is 11.2 Å². The molecule has 0 saturated carbocycles. The van der Waals surface area contributed by atoms with Crippen LogP contribution in [0, 0.1) is 5.92 Å². The first-order valence-electron chi connectivity index (χ1n) is 7.22. The van der Waals surface area contributed by atoms with Gasteiger partial charge < -0.3 is 9.80 Å². The van der Waals surface area contributed by atoms with Crippen molar-refractivity contribution in [2.24, 2.45) is 5.92 Å². The van der Waals surface area contributed by atoms with E-state index in [9.17, 15) is 4.79 Å². The van der Waals surface area contributed by atoms with E-state index in [2.05, 4.69) is 31.0 Å². The van der Waals surface area contributed by atoms with E-state index >= 15 is 0 Å². The number of nitrogens with zero attached hydrogens (tertiary/aromatic N) is 2. The number of rotatable bonds is 4. The molecule has 3 heteroatoms. The van der Waals surface area contributed by atoms with Crippen LogP contribution < -0.4 is 0 Å². The maximum atomic E-state index is 12.5. The summed E-state index contributed by atoms with van der Waals surface area (Å²) < 4.78 is 0. The zero-order valence-electron chi connectivity index (χ0n) is 12.0. The van der Waals surface area contributed by atoms with Crippen molar-refractivity contribution in [1.29, 1.82) is 0 Å². The van der Waals surface area contributed by atoms with E-state index in [-0.39, 0.29) is 5.92 Å². The highest BCUT2D eigenvalue weighted by molar-refractivity contribution is 5.79. The lowest BCUT2D eigenvalue weighted by atomic mass is 9.95. The molecule has 0 spiro atoms. The minimum Gasteiger partial charge on any atom is -0.340 e. The zero-order valence-corrected chi connectivity index (χ0v) is 12.0. The molecule has 0 radical (unpaired) electrons. The van der Waals surface area contributed by atoms with Crippen LogP contribution in [0.15, 0.2) is 30.3 Å². The lowest BCUT2D eigenvalue weighted by Gasteiger charge is -2.34. The Bertz CT molecular complexity index is 396. The highest BCUT2D eigenvalue weighted by Crippen LogP contribution is 2.16. The highest BCUT2D eigenvalue weighted by Gasteiger charge is 2.25. The molecule has 0 aliphatic carbocycles. The number of carbonyl (C=O) groups is 1. The van der Waals surface area contributed by atoms with E-state index in [1.54, 1.807) is 0 Å². The van der Waals surface area contributed by atoms with Crippen LogP contribution in [0.2, 0.25) is 0 Å².